The van der Waals surface area contributed by atoms with Crippen molar-refractivity contribution in [2.75, 3.05) is 39.3 Å². The highest BCUT2D eigenvalue weighted by molar-refractivity contribution is 7.87. The predicted molar refractivity (Wildman–Crippen MR) is 127 cm³/mol. The molecule has 5 aliphatic rings. The van der Waals surface area contributed by atoms with Gasteiger partial charge in [0.1, 0.15) is 17.5 Å². The van der Waals surface area contributed by atoms with Crippen molar-refractivity contribution in [1.29, 1.82) is 0 Å². The van der Waals surface area contributed by atoms with Crippen molar-refractivity contribution in [2.24, 2.45) is 10.8 Å². The number of aromatic nitrogens is 3. The SMILES string of the molecule is O=C(N1CC2(CC(c3nnc(C4CC4)[nH]3)C2)C1)N1CC2(C1)CN(S(=O)(=O)NCc1ccc(F)cc1)C2. The number of urea groups is 1. The fourth-order valence-electron chi connectivity index (χ4n) is 6.39. The number of H-pyrrole nitrogens is 1. The van der Waals surface area contributed by atoms with Gasteiger partial charge in [0.2, 0.25) is 0 Å². The van der Waals surface area contributed by atoms with Gasteiger partial charge in [0.25, 0.3) is 10.2 Å². The molecule has 0 bridgehead atoms. The van der Waals surface area contributed by atoms with Crippen LogP contribution in [0.5, 0.6) is 0 Å². The molecule has 2 aromatic rings. The Labute approximate surface area is 209 Å². The van der Waals surface area contributed by atoms with Crippen molar-refractivity contribution >= 4 is 16.2 Å². The number of nitrogens with zero attached hydrogens (tertiary/aromatic N) is 5. The first-order valence-electron chi connectivity index (χ1n) is 12.7. The molecule has 2 aliphatic carbocycles. The minimum Gasteiger partial charge on any atom is -0.328 e. The van der Waals surface area contributed by atoms with Crippen molar-refractivity contribution in [3.05, 3.63) is 47.3 Å². The first-order valence-corrected chi connectivity index (χ1v) is 14.1. The van der Waals surface area contributed by atoms with Gasteiger partial charge in [-0.05, 0) is 43.4 Å². The zero-order chi connectivity index (χ0) is 24.7. The highest BCUT2D eigenvalue weighted by Gasteiger charge is 2.60. The maximum Gasteiger partial charge on any atom is 0.320 e. The first kappa shape index (κ1) is 22.6. The summed E-state index contributed by atoms with van der Waals surface area (Å²) in [7, 11) is -3.60. The lowest BCUT2D eigenvalue weighted by Gasteiger charge is -2.63. The molecule has 2 amide bonds. The number of benzene rings is 1. The highest BCUT2D eigenvalue weighted by atomic mass is 32.2. The van der Waals surface area contributed by atoms with Gasteiger partial charge in [-0.3, -0.25) is 0 Å². The summed E-state index contributed by atoms with van der Waals surface area (Å²) in [6.45, 7) is 3.75. The quantitative estimate of drug-likeness (QED) is 0.609. The lowest BCUT2D eigenvalue weighted by Crippen LogP contribution is -2.76. The van der Waals surface area contributed by atoms with E-state index in [1.165, 1.54) is 29.3 Å². The minimum absolute atomic E-state index is 0.0705. The van der Waals surface area contributed by atoms with Crippen LogP contribution in [0.1, 0.15) is 54.7 Å². The Morgan fingerprint density at radius 1 is 0.944 bits per heavy atom. The molecule has 192 valence electrons. The van der Waals surface area contributed by atoms with E-state index in [-0.39, 0.29) is 29.2 Å². The smallest absolute Gasteiger partial charge is 0.320 e. The molecule has 1 aromatic heterocycles. The third-order valence-electron chi connectivity index (χ3n) is 8.61. The van der Waals surface area contributed by atoms with E-state index in [1.807, 2.05) is 9.80 Å². The van der Waals surface area contributed by atoms with E-state index in [2.05, 4.69) is 19.9 Å². The topological polar surface area (TPSA) is 115 Å². The second-order valence-electron chi connectivity index (χ2n) is 11.7. The van der Waals surface area contributed by atoms with Crippen LogP contribution in [0.3, 0.4) is 0 Å². The molecule has 2 saturated carbocycles. The number of amides is 2. The molecule has 1 aromatic carbocycles. The molecule has 0 unspecified atom stereocenters. The van der Waals surface area contributed by atoms with Gasteiger partial charge in [-0.2, -0.15) is 17.4 Å². The number of hydrogen-bond donors (Lipinski definition) is 2. The molecule has 7 rings (SSSR count). The Bertz CT molecular complexity index is 1280. The predicted octanol–water partition coefficient (Wildman–Crippen LogP) is 1.77. The maximum atomic E-state index is 13.0. The molecule has 3 aliphatic heterocycles. The van der Waals surface area contributed by atoms with Crippen LogP contribution in [0.4, 0.5) is 9.18 Å². The molecule has 12 heteroatoms. The van der Waals surface area contributed by atoms with Crippen molar-refractivity contribution < 1.29 is 17.6 Å². The summed E-state index contributed by atoms with van der Waals surface area (Å²) < 4.78 is 42.2. The number of nitrogens with one attached hydrogen (secondary N) is 2. The van der Waals surface area contributed by atoms with Crippen molar-refractivity contribution in [1.82, 2.24) is 34.0 Å². The van der Waals surface area contributed by atoms with Gasteiger partial charge in [-0.25, -0.2) is 9.18 Å². The standard InChI is InChI=1S/C24H30FN7O3S/c25-19-5-1-16(2-6-19)9-26-36(34,35)32-14-24(15-32)12-31(13-24)22(33)30-10-23(11-30)7-18(8-23)21-27-20(28-29-21)17-3-4-17/h1-2,5-6,17-18,26H,3-4,7-15H2,(H,27,28,29). The number of aromatic amines is 1. The van der Waals surface area contributed by atoms with Gasteiger partial charge < -0.3 is 14.8 Å². The Kier molecular flexibility index (Phi) is 4.85. The van der Waals surface area contributed by atoms with Crippen LogP contribution in [-0.4, -0.2) is 83.0 Å². The molecule has 2 N–H and O–H groups in total. The van der Waals surface area contributed by atoms with Gasteiger partial charge in [0.05, 0.1) is 0 Å². The molecule has 10 nitrogen and oxygen atoms in total. The Balaban J connectivity index is 0.843. The number of carbonyl (C=O) groups is 1. The summed E-state index contributed by atoms with van der Waals surface area (Å²) >= 11 is 0. The van der Waals surface area contributed by atoms with Crippen LogP contribution in [0, 0.1) is 16.6 Å². The summed E-state index contributed by atoms with van der Waals surface area (Å²) in [5.74, 6) is 2.70. The molecule has 4 heterocycles. The zero-order valence-electron chi connectivity index (χ0n) is 20.0. The van der Waals surface area contributed by atoms with Crippen LogP contribution >= 0.6 is 0 Å². The maximum absolute atomic E-state index is 13.0. The van der Waals surface area contributed by atoms with Crippen LogP contribution in [-0.2, 0) is 16.8 Å². The van der Waals surface area contributed by atoms with Crippen molar-refractivity contribution in [2.45, 2.75) is 44.1 Å². The summed E-state index contributed by atoms with van der Waals surface area (Å²) in [5.41, 5.74) is 0.799. The fourth-order valence-corrected chi connectivity index (χ4v) is 7.81. The van der Waals surface area contributed by atoms with Crippen LogP contribution in [0.15, 0.2) is 24.3 Å². The fraction of sp³-hybridized carbons (Fsp3) is 0.625. The number of likely N-dealkylation sites (tertiary alicyclic amines) is 2. The van der Waals surface area contributed by atoms with E-state index in [0.29, 0.717) is 43.6 Å². The molecular weight excluding hydrogens is 485 g/mol. The minimum atomic E-state index is -3.60. The number of carbonyl (C=O) groups excluding carboxylic acids is 1. The van der Waals surface area contributed by atoms with Crippen LogP contribution in [0.2, 0.25) is 0 Å². The summed E-state index contributed by atoms with van der Waals surface area (Å²) in [6.07, 6.45) is 4.52. The van der Waals surface area contributed by atoms with Gasteiger partial charge in [0.15, 0.2) is 0 Å². The molecule has 36 heavy (non-hydrogen) atoms. The van der Waals surface area contributed by atoms with E-state index in [9.17, 15) is 17.6 Å². The lowest BCUT2D eigenvalue weighted by atomic mass is 9.57. The summed E-state index contributed by atoms with van der Waals surface area (Å²) in [5, 5.41) is 8.65. The molecule has 3 saturated heterocycles. The number of halogens is 1. The Hall–Kier alpha value is -2.57. The monoisotopic (exact) mass is 515 g/mol. The first-order chi connectivity index (χ1) is 17.2. The van der Waals surface area contributed by atoms with E-state index in [0.717, 1.165) is 37.6 Å². The van der Waals surface area contributed by atoms with E-state index >= 15 is 0 Å². The third kappa shape index (κ3) is 3.81. The van der Waals surface area contributed by atoms with Crippen molar-refractivity contribution in [3.8, 4) is 0 Å². The molecular formula is C24H30FN7O3S. The van der Waals surface area contributed by atoms with Crippen LogP contribution < -0.4 is 4.72 Å². The largest absolute Gasteiger partial charge is 0.328 e. The van der Waals surface area contributed by atoms with Gasteiger partial charge in [-0.1, -0.05) is 12.1 Å². The highest BCUT2D eigenvalue weighted by Crippen LogP contribution is 2.56. The normalized spacial score (nSPS) is 24.8. The Morgan fingerprint density at radius 3 is 2.14 bits per heavy atom. The average molecular weight is 516 g/mol. The third-order valence-corrected chi connectivity index (χ3v) is 10.1. The van der Waals surface area contributed by atoms with Gasteiger partial charge in [-0.15, -0.1) is 10.2 Å². The number of rotatable bonds is 6. The molecule has 5 fully saturated rings. The summed E-state index contributed by atoms with van der Waals surface area (Å²) in [6, 6.07) is 5.82. The second kappa shape index (κ2) is 7.72. The van der Waals surface area contributed by atoms with Crippen molar-refractivity contribution in [3.63, 3.8) is 0 Å². The van der Waals surface area contributed by atoms with Gasteiger partial charge in [0, 0.05) is 68.5 Å². The zero-order valence-corrected chi connectivity index (χ0v) is 20.8. The van der Waals surface area contributed by atoms with Crippen LogP contribution in [0.25, 0.3) is 0 Å². The van der Waals surface area contributed by atoms with E-state index < -0.39 is 10.2 Å². The Morgan fingerprint density at radius 2 is 1.53 bits per heavy atom. The number of hydrogen-bond acceptors (Lipinski definition) is 5. The average Bonchev–Trinajstić information content (AvgIpc) is 3.47. The molecule has 2 spiro atoms. The summed E-state index contributed by atoms with van der Waals surface area (Å²) in [4.78, 5) is 20.1. The second-order valence-corrected chi connectivity index (χ2v) is 13.4. The van der Waals surface area contributed by atoms with Gasteiger partial charge >= 0.3 is 6.03 Å². The molecule has 0 atom stereocenters. The molecule has 0 radical (unpaired) electrons. The van der Waals surface area contributed by atoms with E-state index in [4.69, 9.17) is 0 Å². The van der Waals surface area contributed by atoms with E-state index in [1.54, 1.807) is 12.1 Å². The lowest BCUT2D eigenvalue weighted by molar-refractivity contribution is -0.0932.